The summed E-state index contributed by atoms with van der Waals surface area (Å²) in [5.41, 5.74) is 0. The number of hydrogen-bond donors (Lipinski definition) is 11. The van der Waals surface area contributed by atoms with E-state index in [0.29, 0.717) is 0 Å². The Hall–Kier alpha value is -0.971. The van der Waals surface area contributed by atoms with Crippen molar-refractivity contribution < 1.29 is 82.4 Å². The van der Waals surface area contributed by atoms with E-state index in [0.717, 1.165) is 18.9 Å². The molecule has 0 bridgehead atoms. The Morgan fingerprint density at radius 3 is 1.52 bits per heavy atom. The van der Waals surface area contributed by atoms with E-state index in [1.165, 1.54) is 0 Å². The summed E-state index contributed by atoms with van der Waals surface area (Å²) in [5.74, 6) is -2.13. The van der Waals surface area contributed by atoms with Crippen molar-refractivity contribution in [2.45, 2.75) is 60.8 Å². The number of aliphatic hydroxyl groups excluding tert-OH is 8. The fraction of sp³-hybridized carbons (Fsp3) is 0.800. The van der Waals surface area contributed by atoms with Gasteiger partial charge < -0.3 is 97.0 Å². The van der Waals surface area contributed by atoms with E-state index in [9.17, 15) is 49.8 Å². The van der Waals surface area contributed by atoms with Gasteiger partial charge in [0.25, 0.3) is 0 Å². The Bertz CT molecular complexity index is 692. The molecule has 2 amide bonds. The topological polar surface area (TPSA) is 297 Å². The third-order valence-corrected chi connectivity index (χ3v) is 5.95. The average Bonchev–Trinajstić information content (AvgIpc) is 2.98. The number of nitrogens with zero attached hydrogens (tertiary/aromatic N) is 1. The van der Waals surface area contributed by atoms with Gasteiger partial charge in [0.15, 0.2) is 0 Å². The van der Waals surface area contributed by atoms with Gasteiger partial charge in [-0.25, -0.2) is 0 Å². The summed E-state index contributed by atoms with van der Waals surface area (Å²) >= 11 is 10.7. The number of carbonyl (C=O) groups is 4. The van der Waals surface area contributed by atoms with E-state index in [-0.39, 0.29) is 37.2 Å². The first kappa shape index (κ1) is 41.2. The quantitative estimate of drug-likeness (QED) is 0.0301. The molecule has 0 aliphatic rings. The second-order valence-electron chi connectivity index (χ2n) is 8.07. The zero-order valence-corrected chi connectivity index (χ0v) is 24.4. The molecule has 0 saturated heterocycles. The second-order valence-corrected chi connectivity index (χ2v) is 8.73. The molecule has 0 aromatic carbocycles. The summed E-state index contributed by atoms with van der Waals surface area (Å²) in [6.07, 6.45) is -11.0. The van der Waals surface area contributed by atoms with Crippen LogP contribution in [0.1, 0.15) is 0 Å². The van der Waals surface area contributed by atoms with Crippen molar-refractivity contribution in [3.8, 4) is 0 Å². The Labute approximate surface area is 251 Å². The van der Waals surface area contributed by atoms with Gasteiger partial charge in [-0.1, -0.05) is 6.04 Å². The Morgan fingerprint density at radius 1 is 0.750 bits per heavy atom. The molecule has 0 aromatic rings. The van der Waals surface area contributed by atoms with E-state index < -0.39 is 85.8 Å². The van der Waals surface area contributed by atoms with Crippen LogP contribution in [0, 0.1) is 0 Å². The molecular weight excluding hydrogens is 666 g/mol. The predicted octanol–water partition coefficient (Wildman–Crippen LogP) is -7.82. The van der Waals surface area contributed by atoms with E-state index in [4.69, 9.17) is 39.0 Å². The van der Waals surface area contributed by atoms with Crippen molar-refractivity contribution >= 4 is 49.6 Å². The molecule has 0 saturated carbocycles. The van der Waals surface area contributed by atoms with Gasteiger partial charge in [-0.3, -0.25) is 9.59 Å². The summed E-state index contributed by atoms with van der Waals surface area (Å²) in [4.78, 5) is 47.3. The molecule has 0 rings (SSSR count). The van der Waals surface area contributed by atoms with Crippen molar-refractivity contribution in [2.24, 2.45) is 0 Å². The Balaban J connectivity index is 0. The molecule has 0 aliphatic heterocycles. The van der Waals surface area contributed by atoms with Gasteiger partial charge in [-0.2, -0.15) is 11.5 Å². The number of rotatable bonds is 21. The first-order chi connectivity index (χ1) is 18.9. The molecule has 10 atom stereocenters. The summed E-state index contributed by atoms with van der Waals surface area (Å²) in [7, 11) is 0. The van der Waals surface area contributed by atoms with Crippen molar-refractivity contribution in [2.75, 3.05) is 37.8 Å². The maximum atomic E-state index is 12.4. The molecular formula is C20H35N4O13S2Tc. The van der Waals surface area contributed by atoms with Crippen molar-refractivity contribution in [3.63, 3.8) is 0 Å². The van der Waals surface area contributed by atoms with Crippen LogP contribution in [0.15, 0.2) is 0 Å². The normalized spacial score (nSPS) is 18.6. The Morgan fingerprint density at radius 2 is 1.18 bits per heavy atom. The van der Waals surface area contributed by atoms with Gasteiger partial charge >= 0.3 is 22.4 Å². The third kappa shape index (κ3) is 14.3. The van der Waals surface area contributed by atoms with Crippen LogP contribution in [0.5, 0.6) is 0 Å². The van der Waals surface area contributed by atoms with E-state index in [1.807, 2.05) is 0 Å². The molecule has 0 fully saturated rings. The average molecular weight is 702 g/mol. The van der Waals surface area contributed by atoms with Crippen molar-refractivity contribution in [1.29, 1.82) is 0 Å². The Kier molecular flexibility index (Phi) is 24.3. The number of hydrogen-bond acceptors (Lipinski definition) is 16. The van der Waals surface area contributed by atoms with Crippen LogP contribution in [0.3, 0.4) is 0 Å². The van der Waals surface area contributed by atoms with Crippen LogP contribution >= 0.6 is 0 Å². The fourth-order valence-corrected chi connectivity index (χ4v) is 3.44. The molecule has 11 N–H and O–H groups in total. The molecule has 20 heteroatoms. The summed E-state index contributed by atoms with van der Waals surface area (Å²) < 4.78 is 8.22. The zero-order valence-electron chi connectivity index (χ0n) is 20.9. The number of aldehydes is 2. The van der Waals surface area contributed by atoms with Gasteiger partial charge in [0, 0.05) is 0 Å². The third-order valence-electron chi connectivity index (χ3n) is 5.31. The van der Waals surface area contributed by atoms with Gasteiger partial charge in [0.1, 0.15) is 61.3 Å². The monoisotopic (exact) mass is 700 g/mol. The van der Waals surface area contributed by atoms with Crippen molar-refractivity contribution in [1.82, 2.24) is 16.0 Å². The van der Waals surface area contributed by atoms with E-state index >= 15 is 0 Å². The summed E-state index contributed by atoms with van der Waals surface area (Å²) in [6.45, 7) is -1.90. The van der Waals surface area contributed by atoms with Crippen LogP contribution < -0.4 is 16.0 Å². The molecule has 17 nitrogen and oxygen atoms in total. The molecule has 0 radical (unpaired) electrons. The molecule has 0 spiro atoms. The van der Waals surface area contributed by atoms with Crippen LogP contribution in [-0.2, 0) is 66.8 Å². The van der Waals surface area contributed by atoms with Crippen LogP contribution in [0.2, 0.25) is 0 Å². The molecule has 0 heterocycles. The number of aliphatic hydroxyl groups is 8. The number of amides is 2. The minimum absolute atomic E-state index is 0.0187. The number of nitrogens with one attached hydrogen (secondary N) is 3. The summed E-state index contributed by atoms with van der Waals surface area (Å²) in [6, 6.07) is -5.51. The first-order valence-corrected chi connectivity index (χ1v) is 13.4. The summed E-state index contributed by atoms with van der Waals surface area (Å²) in [5, 5.41) is 86.9. The predicted molar refractivity (Wildman–Crippen MR) is 135 cm³/mol. The van der Waals surface area contributed by atoms with Gasteiger partial charge in [0.05, 0.1) is 19.3 Å². The standard InChI is InChI=1S/C20H37N4O12S2.O.Tc/c25-3-9(15(31)17(33)13(29)5-27)23-19(35)11(7-37)21-1-2-22-12(8-38)20(36)24-10(4-26)16(32)18(34)14(30)6-28;;/h3-4,9-18,21,27-34,37-38H,1-2,5-8H2,(H,23,35)(H,24,36);;/q-1;;+3/p-2/t9-,10-,11-,12-,13+,14+,15+,16+,17+,18+;;/m0../s1. The molecule has 40 heavy (non-hydrogen) atoms. The van der Waals surface area contributed by atoms with E-state index in [1.54, 1.807) is 0 Å². The van der Waals surface area contributed by atoms with Gasteiger partial charge in [-0.05, 0) is 6.54 Å². The van der Waals surface area contributed by atoms with E-state index in [2.05, 4.69) is 21.3 Å². The molecule has 0 unspecified atom stereocenters. The number of carbonyl (C=O) groups excluding carboxylic acids is 4. The second kappa shape index (κ2) is 23.6. The van der Waals surface area contributed by atoms with Gasteiger partial charge in [0.2, 0.25) is 11.8 Å². The maximum absolute atomic E-state index is 12.4. The fourth-order valence-electron chi connectivity index (χ4n) is 2.92. The molecule has 232 valence electrons. The minimum atomic E-state index is -1.93. The van der Waals surface area contributed by atoms with Crippen molar-refractivity contribution in [3.05, 3.63) is 5.32 Å². The molecule has 0 aliphatic carbocycles. The SMILES string of the molecule is O=C[C@H](NC(=O)[C@H](C[S-])[N-]CCN[C@@H](C[S-])C(=O)N[C@@H](C=O)[C@@H](O)[C@H](O)[C@H](O)CO)[C@@H](O)[C@H](O)[C@H](O)CO.[O]=[Tc+3]. The van der Waals surface area contributed by atoms with Crippen LogP contribution in [-0.4, -0.2) is 164 Å². The van der Waals surface area contributed by atoms with Gasteiger partial charge in [-0.15, -0.1) is 6.54 Å². The zero-order chi connectivity index (χ0) is 31.4. The van der Waals surface area contributed by atoms with Crippen LogP contribution in [0.4, 0.5) is 0 Å². The molecule has 0 aromatic heterocycles. The first-order valence-electron chi connectivity index (χ1n) is 11.5. The van der Waals surface area contributed by atoms with Crippen LogP contribution in [0.25, 0.3) is 5.32 Å².